The molecular formula is C12H14F4N. The molecule has 0 aliphatic carbocycles. The van der Waals surface area contributed by atoms with Crippen LogP contribution < -0.4 is 0 Å². The fourth-order valence-electron chi connectivity index (χ4n) is 1.53. The van der Waals surface area contributed by atoms with Crippen LogP contribution in [0.1, 0.15) is 25.0 Å². The number of hydrogen-bond acceptors (Lipinski definition) is 1. The van der Waals surface area contributed by atoms with Crippen molar-refractivity contribution in [3.8, 4) is 0 Å². The fraction of sp³-hybridized carbons (Fsp3) is 0.417. The lowest BCUT2D eigenvalue weighted by Gasteiger charge is -2.19. The van der Waals surface area contributed by atoms with Gasteiger partial charge >= 0.3 is 0 Å². The van der Waals surface area contributed by atoms with Crippen molar-refractivity contribution in [1.29, 1.82) is 0 Å². The molecule has 0 aromatic heterocycles. The Hall–Kier alpha value is -1.10. The van der Waals surface area contributed by atoms with Crippen LogP contribution in [0.3, 0.4) is 0 Å². The van der Waals surface area contributed by atoms with Crippen LogP contribution in [0.4, 0.5) is 17.6 Å². The number of nitrogens with zero attached hydrogens (tertiary/aromatic N) is 1. The molecule has 1 radical (unpaired) electrons. The van der Waals surface area contributed by atoms with Crippen LogP contribution in [-0.2, 0) is 6.54 Å². The van der Waals surface area contributed by atoms with Gasteiger partial charge in [-0.3, -0.25) is 4.90 Å². The molecule has 1 aromatic rings. The molecule has 0 amide bonds. The van der Waals surface area contributed by atoms with Crippen LogP contribution in [0, 0.1) is 30.2 Å². The zero-order valence-electron chi connectivity index (χ0n) is 9.79. The minimum absolute atomic E-state index is 0.168. The van der Waals surface area contributed by atoms with Crippen molar-refractivity contribution >= 4 is 0 Å². The Labute approximate surface area is 98.0 Å². The Balaban J connectivity index is 3.24. The van der Waals surface area contributed by atoms with Crippen molar-refractivity contribution in [1.82, 2.24) is 4.90 Å². The van der Waals surface area contributed by atoms with Crippen molar-refractivity contribution in [2.45, 2.75) is 20.4 Å². The third-order valence-corrected chi connectivity index (χ3v) is 2.72. The van der Waals surface area contributed by atoms with Gasteiger partial charge in [0.2, 0.25) is 0 Å². The van der Waals surface area contributed by atoms with E-state index in [0.717, 1.165) is 0 Å². The van der Waals surface area contributed by atoms with E-state index in [4.69, 9.17) is 0 Å². The van der Waals surface area contributed by atoms with E-state index in [9.17, 15) is 17.6 Å². The molecule has 1 nitrogen and oxygen atoms in total. The largest absolute Gasteiger partial charge is 0.299 e. The summed E-state index contributed by atoms with van der Waals surface area (Å²) >= 11 is 0. The summed E-state index contributed by atoms with van der Waals surface area (Å²) in [4.78, 5) is 1.66. The number of hydrogen-bond donors (Lipinski definition) is 0. The first-order chi connectivity index (χ1) is 7.93. The molecule has 0 fully saturated rings. The van der Waals surface area contributed by atoms with Crippen LogP contribution in [0.5, 0.6) is 0 Å². The van der Waals surface area contributed by atoms with Crippen LogP contribution >= 0.6 is 0 Å². The summed E-state index contributed by atoms with van der Waals surface area (Å²) in [5, 5.41) is 0. The first-order valence-corrected chi connectivity index (χ1v) is 5.33. The summed E-state index contributed by atoms with van der Waals surface area (Å²) in [6.07, 6.45) is 0. The molecular weight excluding hydrogens is 234 g/mol. The molecule has 0 aliphatic rings. The maximum atomic E-state index is 13.5. The lowest BCUT2D eigenvalue weighted by Crippen LogP contribution is -2.24. The molecule has 0 spiro atoms. The molecule has 0 heterocycles. The molecule has 0 bridgehead atoms. The maximum Gasteiger partial charge on any atom is 0.166 e. The number of benzene rings is 1. The average molecular weight is 248 g/mol. The molecule has 0 aliphatic heterocycles. The monoisotopic (exact) mass is 248 g/mol. The van der Waals surface area contributed by atoms with Gasteiger partial charge in [0.05, 0.1) is 0 Å². The summed E-state index contributed by atoms with van der Waals surface area (Å²) in [7, 11) is 0. The Bertz CT molecular complexity index is 384. The van der Waals surface area contributed by atoms with Gasteiger partial charge in [0.1, 0.15) is 0 Å². The average Bonchev–Trinajstić information content (AvgIpc) is 2.34. The molecule has 0 saturated carbocycles. The highest BCUT2D eigenvalue weighted by molar-refractivity contribution is 5.31. The first-order valence-electron chi connectivity index (χ1n) is 5.33. The highest BCUT2D eigenvalue weighted by Crippen LogP contribution is 2.24. The van der Waals surface area contributed by atoms with Crippen molar-refractivity contribution < 1.29 is 17.6 Å². The van der Waals surface area contributed by atoms with Gasteiger partial charge in [0.15, 0.2) is 23.3 Å². The summed E-state index contributed by atoms with van der Waals surface area (Å²) in [5.74, 6) is -5.57. The summed E-state index contributed by atoms with van der Waals surface area (Å²) in [6, 6.07) is 0. The quantitative estimate of drug-likeness (QED) is 0.584. The molecule has 0 N–H and O–H groups in total. The van der Waals surface area contributed by atoms with E-state index >= 15 is 0 Å². The molecule has 17 heavy (non-hydrogen) atoms. The standard InChI is InChI=1S/C12H14F4N/c1-4-17(5-2)6-8-11(15)9(13)7(3)10(14)12(8)16/h3-6H2,1-2H3. The van der Waals surface area contributed by atoms with E-state index in [1.54, 1.807) is 18.7 Å². The van der Waals surface area contributed by atoms with E-state index in [0.29, 0.717) is 13.1 Å². The van der Waals surface area contributed by atoms with Crippen LogP contribution in [0.2, 0.25) is 0 Å². The third-order valence-electron chi connectivity index (χ3n) is 2.72. The minimum atomic E-state index is -1.42. The van der Waals surface area contributed by atoms with Gasteiger partial charge in [-0.05, 0) is 20.0 Å². The van der Waals surface area contributed by atoms with Gasteiger partial charge in [-0.2, -0.15) is 0 Å². The number of halogens is 4. The Morgan fingerprint density at radius 2 is 1.29 bits per heavy atom. The van der Waals surface area contributed by atoms with Crippen LogP contribution in [-0.4, -0.2) is 18.0 Å². The van der Waals surface area contributed by atoms with Crippen molar-refractivity contribution in [3.63, 3.8) is 0 Å². The van der Waals surface area contributed by atoms with Crippen LogP contribution in [0.25, 0.3) is 0 Å². The molecule has 1 aromatic carbocycles. The maximum absolute atomic E-state index is 13.5. The minimum Gasteiger partial charge on any atom is -0.299 e. The van der Waals surface area contributed by atoms with Crippen molar-refractivity contribution in [3.05, 3.63) is 41.3 Å². The lowest BCUT2D eigenvalue weighted by atomic mass is 10.1. The Morgan fingerprint density at radius 3 is 1.65 bits per heavy atom. The second-order valence-corrected chi connectivity index (χ2v) is 3.67. The van der Waals surface area contributed by atoms with Gasteiger partial charge in [-0.15, -0.1) is 0 Å². The molecule has 1 rings (SSSR count). The van der Waals surface area contributed by atoms with E-state index in [1.807, 2.05) is 0 Å². The van der Waals surface area contributed by atoms with Gasteiger partial charge in [-0.25, -0.2) is 17.6 Å². The van der Waals surface area contributed by atoms with Crippen molar-refractivity contribution in [2.24, 2.45) is 0 Å². The smallest absolute Gasteiger partial charge is 0.166 e. The van der Waals surface area contributed by atoms with Crippen molar-refractivity contribution in [2.75, 3.05) is 13.1 Å². The van der Waals surface area contributed by atoms with Gasteiger partial charge < -0.3 is 0 Å². The van der Waals surface area contributed by atoms with E-state index in [-0.39, 0.29) is 6.54 Å². The highest BCUT2D eigenvalue weighted by Gasteiger charge is 2.23. The van der Waals surface area contributed by atoms with E-state index in [1.165, 1.54) is 0 Å². The predicted octanol–water partition coefficient (Wildman–Crippen LogP) is 3.27. The molecule has 5 heteroatoms. The fourth-order valence-corrected chi connectivity index (χ4v) is 1.53. The van der Waals surface area contributed by atoms with Crippen LogP contribution in [0.15, 0.2) is 0 Å². The third kappa shape index (κ3) is 2.60. The SMILES string of the molecule is [CH2]c1c(F)c(F)c(CN(CC)CC)c(F)c1F. The zero-order chi connectivity index (χ0) is 13.2. The predicted molar refractivity (Wildman–Crippen MR) is 57.4 cm³/mol. The molecule has 0 saturated heterocycles. The molecule has 0 unspecified atom stereocenters. The Morgan fingerprint density at radius 1 is 0.882 bits per heavy atom. The van der Waals surface area contributed by atoms with Gasteiger partial charge in [0.25, 0.3) is 0 Å². The summed E-state index contributed by atoms with van der Waals surface area (Å²) in [5.41, 5.74) is -1.46. The zero-order valence-corrected chi connectivity index (χ0v) is 9.79. The molecule has 95 valence electrons. The Kier molecular flexibility index (Phi) is 4.51. The summed E-state index contributed by atoms with van der Waals surface area (Å²) < 4.78 is 53.4. The highest BCUT2D eigenvalue weighted by atomic mass is 19.2. The normalized spacial score (nSPS) is 11.3. The molecule has 0 atom stereocenters. The second-order valence-electron chi connectivity index (χ2n) is 3.67. The topological polar surface area (TPSA) is 3.24 Å². The second kappa shape index (κ2) is 5.49. The van der Waals surface area contributed by atoms with Gasteiger partial charge in [0, 0.05) is 17.7 Å². The number of rotatable bonds is 4. The lowest BCUT2D eigenvalue weighted by molar-refractivity contribution is 0.280. The van der Waals surface area contributed by atoms with E-state index < -0.39 is 34.4 Å². The summed E-state index contributed by atoms with van der Waals surface area (Å²) in [6.45, 7) is 7.44. The first kappa shape index (κ1) is 14.0. The van der Waals surface area contributed by atoms with Gasteiger partial charge in [-0.1, -0.05) is 13.8 Å². The van der Waals surface area contributed by atoms with E-state index in [2.05, 4.69) is 6.92 Å².